The van der Waals surface area contributed by atoms with E-state index >= 15 is 0 Å². The lowest BCUT2D eigenvalue weighted by atomic mass is 10.0. The molecule has 0 bridgehead atoms. The second-order valence-electron chi connectivity index (χ2n) is 5.04. The molecular formula is C15H25NO3S. The molecule has 1 aromatic rings. The van der Waals surface area contributed by atoms with Crippen LogP contribution in [-0.4, -0.2) is 15.5 Å². The minimum absolute atomic E-state index is 0.215. The van der Waals surface area contributed by atoms with Crippen molar-refractivity contribution in [3.8, 4) is 5.75 Å². The van der Waals surface area contributed by atoms with Gasteiger partial charge in [-0.25, -0.2) is 13.6 Å². The van der Waals surface area contributed by atoms with Crippen molar-refractivity contribution in [3.63, 3.8) is 0 Å². The van der Waals surface area contributed by atoms with E-state index in [9.17, 15) is 8.42 Å². The quantitative estimate of drug-likeness (QED) is 0.712. The molecule has 20 heavy (non-hydrogen) atoms. The highest BCUT2D eigenvalue weighted by Gasteiger charge is 2.14. The van der Waals surface area contributed by atoms with Crippen LogP contribution in [0.5, 0.6) is 5.75 Å². The molecule has 0 heterocycles. The van der Waals surface area contributed by atoms with Crippen molar-refractivity contribution in [3.05, 3.63) is 23.8 Å². The molecule has 1 aromatic carbocycles. The topological polar surface area (TPSA) is 69.4 Å². The highest BCUT2D eigenvalue weighted by molar-refractivity contribution is 7.89. The molecule has 0 atom stereocenters. The van der Waals surface area contributed by atoms with Gasteiger partial charge < -0.3 is 4.74 Å². The van der Waals surface area contributed by atoms with Gasteiger partial charge in [-0.2, -0.15) is 0 Å². The molecule has 1 rings (SSSR count). The predicted molar refractivity (Wildman–Crippen MR) is 81.4 cm³/mol. The third kappa shape index (κ3) is 5.51. The summed E-state index contributed by atoms with van der Waals surface area (Å²) < 4.78 is 28.3. The number of primary sulfonamides is 1. The fourth-order valence-electron chi connectivity index (χ4n) is 2.25. The van der Waals surface area contributed by atoms with Crippen molar-refractivity contribution in [2.45, 2.75) is 56.8 Å². The molecule has 114 valence electrons. The summed E-state index contributed by atoms with van der Waals surface area (Å²) in [6, 6.07) is 4.93. The van der Waals surface area contributed by atoms with Crippen LogP contribution in [0.25, 0.3) is 0 Å². The molecule has 0 aromatic heterocycles. The fraction of sp³-hybridized carbons (Fsp3) is 0.600. The Morgan fingerprint density at radius 1 is 1.10 bits per heavy atom. The van der Waals surface area contributed by atoms with Gasteiger partial charge in [-0.3, -0.25) is 0 Å². The zero-order valence-corrected chi connectivity index (χ0v) is 13.2. The molecule has 0 spiro atoms. The van der Waals surface area contributed by atoms with Gasteiger partial charge >= 0.3 is 0 Å². The molecule has 0 aliphatic heterocycles. The predicted octanol–water partition coefficient (Wildman–Crippen LogP) is 3.25. The van der Waals surface area contributed by atoms with E-state index in [2.05, 4.69) is 6.92 Å². The van der Waals surface area contributed by atoms with Gasteiger partial charge in [0.2, 0.25) is 10.0 Å². The number of aryl methyl sites for hydroxylation is 1. The van der Waals surface area contributed by atoms with E-state index in [1.165, 1.54) is 31.7 Å². The van der Waals surface area contributed by atoms with Crippen LogP contribution in [-0.2, 0) is 16.4 Å². The molecule has 2 N–H and O–H groups in total. The average molecular weight is 299 g/mol. The van der Waals surface area contributed by atoms with Crippen LogP contribution in [0.15, 0.2) is 23.1 Å². The van der Waals surface area contributed by atoms with E-state index in [0.717, 1.165) is 24.8 Å². The lowest BCUT2D eigenvalue weighted by Crippen LogP contribution is -2.14. The minimum Gasteiger partial charge on any atom is -0.497 e. The maximum absolute atomic E-state index is 11.6. The number of nitrogens with two attached hydrogens (primary N) is 1. The third-order valence-electron chi connectivity index (χ3n) is 3.37. The molecule has 0 unspecified atom stereocenters. The largest absolute Gasteiger partial charge is 0.497 e. The Kier molecular flexibility index (Phi) is 7.02. The number of rotatable bonds is 9. The van der Waals surface area contributed by atoms with Gasteiger partial charge in [0.05, 0.1) is 12.0 Å². The van der Waals surface area contributed by atoms with Gasteiger partial charge in [0.1, 0.15) is 5.75 Å². The van der Waals surface area contributed by atoms with Crippen molar-refractivity contribution in [2.24, 2.45) is 5.14 Å². The van der Waals surface area contributed by atoms with Gasteiger partial charge in [-0.1, -0.05) is 39.0 Å². The molecule has 0 amide bonds. The Balaban J connectivity index is 2.67. The maximum atomic E-state index is 11.6. The average Bonchev–Trinajstić information content (AvgIpc) is 2.41. The summed E-state index contributed by atoms with van der Waals surface area (Å²) in [5, 5.41) is 5.25. The van der Waals surface area contributed by atoms with Crippen LogP contribution in [0.1, 0.15) is 51.0 Å². The summed E-state index contributed by atoms with van der Waals surface area (Å²) in [6.45, 7) is 2.19. The Morgan fingerprint density at radius 2 is 1.75 bits per heavy atom. The van der Waals surface area contributed by atoms with Gasteiger partial charge in [0.15, 0.2) is 0 Å². The molecule has 0 aliphatic carbocycles. The summed E-state index contributed by atoms with van der Waals surface area (Å²) in [5.41, 5.74) is 0.752. The molecule has 0 aliphatic rings. The highest BCUT2D eigenvalue weighted by Crippen LogP contribution is 2.23. The second kappa shape index (κ2) is 8.27. The first-order valence-electron chi connectivity index (χ1n) is 7.18. The first-order chi connectivity index (χ1) is 9.49. The van der Waals surface area contributed by atoms with Crippen molar-refractivity contribution in [2.75, 3.05) is 7.11 Å². The molecule has 0 fully saturated rings. The van der Waals surface area contributed by atoms with Crippen molar-refractivity contribution in [1.29, 1.82) is 0 Å². The summed E-state index contributed by atoms with van der Waals surface area (Å²) in [5.74, 6) is 0.665. The first kappa shape index (κ1) is 17.0. The van der Waals surface area contributed by atoms with Gasteiger partial charge in [0.25, 0.3) is 0 Å². The zero-order chi connectivity index (χ0) is 15.0. The molecule has 5 heteroatoms. The third-order valence-corrected chi connectivity index (χ3v) is 4.39. The fourth-order valence-corrected chi connectivity index (χ4v) is 3.04. The summed E-state index contributed by atoms with van der Waals surface area (Å²) in [4.78, 5) is 0.215. The van der Waals surface area contributed by atoms with Gasteiger partial charge in [-0.15, -0.1) is 0 Å². The van der Waals surface area contributed by atoms with E-state index in [0.29, 0.717) is 5.75 Å². The zero-order valence-electron chi connectivity index (χ0n) is 12.4. The number of sulfonamides is 1. The summed E-state index contributed by atoms with van der Waals surface area (Å²) in [7, 11) is -2.10. The van der Waals surface area contributed by atoms with Gasteiger partial charge in [-0.05, 0) is 36.6 Å². The van der Waals surface area contributed by atoms with Crippen LogP contribution in [0.2, 0.25) is 0 Å². The standard InChI is InChI=1S/C15H25NO3S/c1-3-4-5-6-7-8-9-13-12-14(19-2)10-11-15(13)20(16,17)18/h10-12H,3-9H2,1-2H3,(H2,16,17,18). The maximum Gasteiger partial charge on any atom is 0.238 e. The Bertz CT molecular complexity index is 512. The van der Waals surface area contributed by atoms with E-state index in [4.69, 9.17) is 9.88 Å². The van der Waals surface area contributed by atoms with E-state index in [1.807, 2.05) is 0 Å². The van der Waals surface area contributed by atoms with Crippen LogP contribution in [0, 0.1) is 0 Å². The number of ether oxygens (including phenoxy) is 1. The van der Waals surface area contributed by atoms with Crippen molar-refractivity contribution < 1.29 is 13.2 Å². The number of methoxy groups -OCH3 is 1. The minimum atomic E-state index is -3.67. The van der Waals surface area contributed by atoms with Crippen LogP contribution in [0.4, 0.5) is 0 Å². The number of benzene rings is 1. The van der Waals surface area contributed by atoms with Gasteiger partial charge in [0, 0.05) is 0 Å². The van der Waals surface area contributed by atoms with Crippen molar-refractivity contribution >= 4 is 10.0 Å². The second-order valence-corrected chi connectivity index (χ2v) is 6.57. The SMILES string of the molecule is CCCCCCCCc1cc(OC)ccc1S(N)(=O)=O. The number of hydrogen-bond acceptors (Lipinski definition) is 3. The smallest absolute Gasteiger partial charge is 0.238 e. The Morgan fingerprint density at radius 3 is 2.35 bits per heavy atom. The lowest BCUT2D eigenvalue weighted by Gasteiger charge is -2.10. The van der Waals surface area contributed by atoms with Crippen molar-refractivity contribution in [1.82, 2.24) is 0 Å². The summed E-state index contributed by atoms with van der Waals surface area (Å²) in [6.07, 6.45) is 7.74. The summed E-state index contributed by atoms with van der Waals surface area (Å²) >= 11 is 0. The molecule has 0 saturated heterocycles. The van der Waals surface area contributed by atoms with E-state index in [-0.39, 0.29) is 4.90 Å². The molecule has 4 nitrogen and oxygen atoms in total. The normalized spacial score (nSPS) is 11.6. The van der Waals surface area contributed by atoms with Crippen LogP contribution >= 0.6 is 0 Å². The van der Waals surface area contributed by atoms with E-state index < -0.39 is 10.0 Å². The first-order valence-corrected chi connectivity index (χ1v) is 8.73. The van der Waals surface area contributed by atoms with E-state index in [1.54, 1.807) is 19.2 Å². The highest BCUT2D eigenvalue weighted by atomic mass is 32.2. The molecular weight excluding hydrogens is 274 g/mol. The number of hydrogen-bond donors (Lipinski definition) is 1. The van der Waals surface area contributed by atoms with Crippen LogP contribution in [0.3, 0.4) is 0 Å². The molecule has 0 radical (unpaired) electrons. The Hall–Kier alpha value is -1.07. The molecule has 0 saturated carbocycles. The number of unbranched alkanes of at least 4 members (excludes halogenated alkanes) is 5. The Labute approximate surface area is 122 Å². The lowest BCUT2D eigenvalue weighted by molar-refractivity contribution is 0.413. The van der Waals surface area contributed by atoms with Crippen LogP contribution < -0.4 is 9.88 Å². The monoisotopic (exact) mass is 299 g/mol.